The van der Waals surface area contributed by atoms with Gasteiger partial charge in [0.05, 0.1) is 11.5 Å². The Morgan fingerprint density at radius 2 is 1.90 bits per heavy atom. The molecular weight excluding hydrogens is 418 g/mol. The third kappa shape index (κ3) is 3.84. The first-order valence-corrected chi connectivity index (χ1v) is 10.5. The maximum atomic E-state index is 13.0. The van der Waals surface area contributed by atoms with Crippen LogP contribution < -0.4 is 5.32 Å². The number of aliphatic hydroxyl groups excluding tert-OH is 1. The Labute approximate surface area is 175 Å². The van der Waals surface area contributed by atoms with Crippen molar-refractivity contribution in [2.75, 3.05) is 20.8 Å². The van der Waals surface area contributed by atoms with Crippen molar-refractivity contribution >= 4 is 15.9 Å². The summed E-state index contributed by atoms with van der Waals surface area (Å²) >= 11 is 0. The molecule has 5 atom stereocenters. The van der Waals surface area contributed by atoms with Crippen LogP contribution in [0.1, 0.15) is 12.5 Å². The summed E-state index contributed by atoms with van der Waals surface area (Å²) in [6.45, 7) is 6.06. The van der Waals surface area contributed by atoms with E-state index in [4.69, 9.17) is 14.2 Å². The van der Waals surface area contributed by atoms with Gasteiger partial charge in [0.25, 0.3) is 0 Å². The van der Waals surface area contributed by atoms with E-state index in [1.54, 1.807) is 6.92 Å². The van der Waals surface area contributed by atoms with Crippen molar-refractivity contribution in [2.24, 2.45) is 0 Å². The summed E-state index contributed by atoms with van der Waals surface area (Å²) in [4.78, 5) is 11.3. The predicted molar refractivity (Wildman–Crippen MR) is 105 cm³/mol. The number of sulfone groups is 1. The van der Waals surface area contributed by atoms with Crippen LogP contribution in [0.2, 0.25) is 0 Å². The molecule has 0 saturated carbocycles. The van der Waals surface area contributed by atoms with Crippen LogP contribution in [0.5, 0.6) is 0 Å². The molecule has 2 rings (SSSR count). The van der Waals surface area contributed by atoms with Crippen molar-refractivity contribution < 1.29 is 42.7 Å². The number of hydrogen-bond acceptors (Lipinski definition) is 9. The molecule has 0 spiro atoms. The molecule has 1 aromatic rings. The molecule has 11 heteroatoms. The Balaban J connectivity index is 2.55. The van der Waals surface area contributed by atoms with Crippen LogP contribution in [-0.2, 0) is 24.0 Å². The van der Waals surface area contributed by atoms with E-state index in [-0.39, 0.29) is 10.5 Å². The molecule has 1 saturated heterocycles. The molecule has 30 heavy (non-hydrogen) atoms. The number of benzene rings is 1. The second-order valence-electron chi connectivity index (χ2n) is 7.11. The number of nitrogens with one attached hydrogen (secondary N) is 1. The minimum absolute atomic E-state index is 0.180. The molecule has 1 aromatic carbocycles. The van der Waals surface area contributed by atoms with Crippen molar-refractivity contribution in [2.45, 2.75) is 47.8 Å². The number of aryl methyl sites for hydroxylation is 1. The number of rotatable bonds is 6. The van der Waals surface area contributed by atoms with Crippen LogP contribution in [0, 0.1) is 6.92 Å². The molecule has 1 aliphatic heterocycles. The van der Waals surface area contributed by atoms with Gasteiger partial charge in [-0.2, -0.15) is 0 Å². The molecule has 0 aromatic heterocycles. The molecule has 168 valence electrons. The molecule has 4 N–H and O–H groups in total. The lowest BCUT2D eigenvalue weighted by molar-refractivity contribution is -0.371. The Morgan fingerprint density at radius 3 is 2.37 bits per heavy atom. The lowest BCUT2D eigenvalue weighted by Crippen LogP contribution is -2.76. The zero-order chi connectivity index (χ0) is 22.9. The van der Waals surface area contributed by atoms with Crippen molar-refractivity contribution in [3.05, 3.63) is 42.0 Å². The first-order valence-electron chi connectivity index (χ1n) is 9.00. The third-order valence-corrected chi connectivity index (χ3v) is 6.95. The molecule has 0 aliphatic carbocycles. The molecule has 1 aliphatic rings. The van der Waals surface area contributed by atoms with Crippen molar-refractivity contribution in [1.82, 2.24) is 5.32 Å². The lowest BCUT2D eigenvalue weighted by atomic mass is 9.77. The topological polar surface area (TPSA) is 152 Å². The zero-order valence-corrected chi connectivity index (χ0v) is 18.0. The van der Waals surface area contributed by atoms with Gasteiger partial charge in [0, 0.05) is 14.2 Å². The van der Waals surface area contributed by atoms with Crippen molar-refractivity contribution in [3.8, 4) is 0 Å². The summed E-state index contributed by atoms with van der Waals surface area (Å²) in [6, 6.07) is 5.54. The first kappa shape index (κ1) is 24.3. The van der Waals surface area contributed by atoms with Gasteiger partial charge in [-0.05, 0) is 31.6 Å². The average Bonchev–Trinajstić information content (AvgIpc) is 2.70. The fraction of sp³-hybridized carbons (Fsp3) is 0.526. The highest BCUT2D eigenvalue weighted by Gasteiger charge is 2.68. The first-order chi connectivity index (χ1) is 13.9. The van der Waals surface area contributed by atoms with E-state index in [0.29, 0.717) is 0 Å². The molecule has 1 fully saturated rings. The maximum Gasteiger partial charge on any atom is 0.407 e. The summed E-state index contributed by atoms with van der Waals surface area (Å²) < 4.78 is 41.6. The molecule has 0 bridgehead atoms. The summed E-state index contributed by atoms with van der Waals surface area (Å²) in [5.74, 6) is -3.08. The van der Waals surface area contributed by atoms with Crippen LogP contribution in [-0.4, -0.2) is 79.6 Å². The normalized spacial score (nSPS) is 30.4. The van der Waals surface area contributed by atoms with Gasteiger partial charge in [-0.1, -0.05) is 24.3 Å². The Kier molecular flexibility index (Phi) is 6.96. The van der Waals surface area contributed by atoms with Gasteiger partial charge >= 0.3 is 6.09 Å². The van der Waals surface area contributed by atoms with Gasteiger partial charge in [0.15, 0.2) is 11.7 Å². The average molecular weight is 445 g/mol. The summed E-state index contributed by atoms with van der Waals surface area (Å²) in [6.07, 6.45) is -3.62. The Morgan fingerprint density at radius 1 is 1.33 bits per heavy atom. The Hall–Kier alpha value is -2.02. The molecule has 0 radical (unpaired) electrons. The molecular formula is C19H27NO9S. The van der Waals surface area contributed by atoms with E-state index < -0.39 is 51.6 Å². The second kappa shape index (κ2) is 8.61. The number of hydrogen-bond donors (Lipinski definition) is 4. The molecule has 10 nitrogen and oxygen atoms in total. The maximum absolute atomic E-state index is 13.0. The standard InChI is InChI=1S/C19H27NO9S/c1-11(2)18(23)15(27-5)14(29-17(22)20-4)10-28-19(18,24)16(21)30(25,26)13-8-6-12(3)7-9-13/h6-9,14-16,21,23-24H,1,10H2,2-5H3,(H,20,22)/t14-,15-,16?,18-,19-/m1/s1. The van der Waals surface area contributed by atoms with Crippen LogP contribution >= 0.6 is 0 Å². The smallest absolute Gasteiger partial charge is 0.407 e. The third-order valence-electron chi connectivity index (χ3n) is 5.11. The molecule has 1 heterocycles. The van der Waals surface area contributed by atoms with Gasteiger partial charge in [0.2, 0.25) is 21.1 Å². The minimum Gasteiger partial charge on any atom is -0.441 e. The summed E-state index contributed by atoms with van der Waals surface area (Å²) in [5, 5.41) is 35.5. The van der Waals surface area contributed by atoms with Gasteiger partial charge in [-0.15, -0.1) is 0 Å². The number of carbonyl (C=O) groups is 1. The highest BCUT2D eigenvalue weighted by molar-refractivity contribution is 7.92. The van der Waals surface area contributed by atoms with Gasteiger partial charge in [-0.25, -0.2) is 13.2 Å². The van der Waals surface area contributed by atoms with Crippen molar-refractivity contribution in [3.63, 3.8) is 0 Å². The minimum atomic E-state index is -4.59. The fourth-order valence-corrected chi connectivity index (χ4v) is 4.81. The lowest BCUT2D eigenvalue weighted by Gasteiger charge is -2.53. The number of carbonyl (C=O) groups excluding carboxylic acids is 1. The quantitative estimate of drug-likeness (QED) is 0.438. The Bertz CT molecular complexity index is 901. The highest BCUT2D eigenvalue weighted by Crippen LogP contribution is 2.44. The number of amides is 1. The van der Waals surface area contributed by atoms with Crippen LogP contribution in [0.15, 0.2) is 41.3 Å². The number of aliphatic hydroxyl groups is 3. The zero-order valence-electron chi connectivity index (χ0n) is 17.2. The molecule has 1 unspecified atom stereocenters. The van der Waals surface area contributed by atoms with Gasteiger partial charge < -0.3 is 34.8 Å². The van der Waals surface area contributed by atoms with Crippen LogP contribution in [0.25, 0.3) is 0 Å². The largest absolute Gasteiger partial charge is 0.441 e. The predicted octanol–water partition coefficient (Wildman–Crippen LogP) is -0.147. The number of methoxy groups -OCH3 is 1. The van der Waals surface area contributed by atoms with E-state index in [1.807, 2.05) is 0 Å². The fourth-order valence-electron chi connectivity index (χ4n) is 3.37. The van der Waals surface area contributed by atoms with Gasteiger partial charge in [-0.3, -0.25) is 0 Å². The number of ether oxygens (including phenoxy) is 3. The SMILES string of the molecule is C=C(C)[C@@]1(O)[C@H](OC)[C@H](OC(=O)NC)CO[C@]1(O)C(O)S(=O)(=O)c1ccc(C)cc1. The monoisotopic (exact) mass is 445 g/mol. The summed E-state index contributed by atoms with van der Waals surface area (Å²) in [7, 11) is -2.12. The van der Waals surface area contributed by atoms with Crippen LogP contribution in [0.4, 0.5) is 4.79 Å². The highest BCUT2D eigenvalue weighted by atomic mass is 32.2. The second-order valence-corrected chi connectivity index (χ2v) is 9.12. The van der Waals surface area contributed by atoms with E-state index in [9.17, 15) is 28.5 Å². The number of alkyl carbamates (subject to hydrolysis) is 1. The van der Waals surface area contributed by atoms with E-state index in [1.165, 1.54) is 38.2 Å². The van der Waals surface area contributed by atoms with Crippen molar-refractivity contribution in [1.29, 1.82) is 0 Å². The summed E-state index contributed by atoms with van der Waals surface area (Å²) in [5.41, 5.74) is -4.67. The van der Waals surface area contributed by atoms with E-state index in [0.717, 1.165) is 12.7 Å². The van der Waals surface area contributed by atoms with E-state index in [2.05, 4.69) is 11.9 Å². The van der Waals surface area contributed by atoms with Crippen LogP contribution in [0.3, 0.4) is 0 Å². The van der Waals surface area contributed by atoms with Gasteiger partial charge in [0.1, 0.15) is 6.10 Å². The molecule has 1 amide bonds. The van der Waals surface area contributed by atoms with E-state index >= 15 is 0 Å².